The van der Waals surface area contributed by atoms with Crippen molar-refractivity contribution in [3.05, 3.63) is 78.0 Å². The van der Waals surface area contributed by atoms with Gasteiger partial charge in [-0.3, -0.25) is 4.72 Å². The number of aromatic carboxylic acids is 1. The summed E-state index contributed by atoms with van der Waals surface area (Å²) in [5.74, 6) is -0.957. The second-order valence-corrected chi connectivity index (χ2v) is 9.61. The Hall–Kier alpha value is -4.78. The zero-order valence-corrected chi connectivity index (χ0v) is 21.2. The van der Waals surface area contributed by atoms with Gasteiger partial charge in [0.25, 0.3) is 5.88 Å². The zero-order valence-electron chi connectivity index (χ0n) is 20.4. The highest BCUT2D eigenvalue weighted by Crippen LogP contribution is 2.40. The van der Waals surface area contributed by atoms with Crippen molar-refractivity contribution in [3.8, 4) is 34.6 Å². The number of aryl methyl sites for hydroxylation is 1. The van der Waals surface area contributed by atoms with Gasteiger partial charge in [0.1, 0.15) is 5.69 Å². The van der Waals surface area contributed by atoms with Crippen molar-refractivity contribution >= 4 is 21.8 Å². The summed E-state index contributed by atoms with van der Waals surface area (Å²) < 4.78 is 45.4. The molecule has 196 valence electrons. The fourth-order valence-electron chi connectivity index (χ4n) is 3.34. The molecule has 2 aromatic heterocycles. The van der Waals surface area contributed by atoms with Crippen LogP contribution in [0.25, 0.3) is 11.5 Å². The largest absolute Gasteiger partial charge is 0.493 e. The predicted octanol–water partition coefficient (Wildman–Crippen LogP) is 3.43. The Morgan fingerprint density at radius 1 is 0.947 bits per heavy atom. The summed E-state index contributed by atoms with van der Waals surface area (Å²) in [6.07, 6.45) is 1.60. The van der Waals surface area contributed by atoms with E-state index in [4.69, 9.17) is 19.3 Å². The Morgan fingerprint density at radius 2 is 1.68 bits per heavy atom. The highest BCUT2D eigenvalue weighted by molar-refractivity contribution is 7.92. The molecule has 0 amide bonds. The van der Waals surface area contributed by atoms with Gasteiger partial charge in [0.15, 0.2) is 23.1 Å². The molecular weight excluding hydrogens is 514 g/mol. The molecule has 4 aromatic rings. The van der Waals surface area contributed by atoms with Crippen LogP contribution in [0.2, 0.25) is 0 Å². The summed E-state index contributed by atoms with van der Waals surface area (Å²) in [4.78, 5) is 19.8. The lowest BCUT2D eigenvalue weighted by atomic mass is 10.1. The molecule has 2 N–H and O–H groups in total. The van der Waals surface area contributed by atoms with E-state index in [2.05, 4.69) is 24.9 Å². The van der Waals surface area contributed by atoms with E-state index in [9.17, 15) is 13.2 Å². The minimum atomic E-state index is -3.97. The zero-order chi connectivity index (χ0) is 27.1. The average molecular weight is 538 g/mol. The van der Waals surface area contributed by atoms with E-state index in [1.54, 1.807) is 48.5 Å². The number of sulfonamides is 1. The lowest BCUT2D eigenvalue weighted by Gasteiger charge is -2.17. The van der Waals surface area contributed by atoms with Crippen LogP contribution in [-0.2, 0) is 16.4 Å². The van der Waals surface area contributed by atoms with Gasteiger partial charge in [-0.25, -0.2) is 18.2 Å². The number of carboxylic acids is 1. The van der Waals surface area contributed by atoms with Gasteiger partial charge in [0, 0.05) is 6.20 Å². The molecule has 0 atom stereocenters. The number of ether oxygens (including phenoxy) is 3. The molecule has 2 heterocycles. The van der Waals surface area contributed by atoms with Gasteiger partial charge in [-0.2, -0.15) is 10.1 Å². The van der Waals surface area contributed by atoms with Crippen LogP contribution in [0, 0.1) is 0 Å². The smallest absolute Gasteiger partial charge is 0.335 e. The standard InChI is InChI=1S/C25H23N5O7S/c1-35-19-7-3-4-8-20(19)37-21-23(27-22(28-24(21)36-2)18-6-5-14-26-29-18)30-38(33,34)15-13-16-9-11-17(12-10-16)25(31)32/h3-12,14H,13,15H2,1-2H3,(H,31,32)(H,27,28,30). The molecule has 0 spiro atoms. The normalized spacial score (nSPS) is 11.0. The van der Waals surface area contributed by atoms with Crippen molar-refractivity contribution < 1.29 is 32.5 Å². The topological polar surface area (TPSA) is 163 Å². The molecule has 12 nitrogen and oxygen atoms in total. The van der Waals surface area contributed by atoms with Gasteiger partial charge < -0.3 is 19.3 Å². The highest BCUT2D eigenvalue weighted by atomic mass is 32.2. The third-order valence-corrected chi connectivity index (χ3v) is 6.47. The summed E-state index contributed by atoms with van der Waals surface area (Å²) >= 11 is 0. The van der Waals surface area contributed by atoms with E-state index in [1.807, 2.05) is 0 Å². The summed E-state index contributed by atoms with van der Waals surface area (Å²) in [6.45, 7) is 0. The number of carbonyl (C=O) groups is 1. The van der Waals surface area contributed by atoms with E-state index < -0.39 is 16.0 Å². The highest BCUT2D eigenvalue weighted by Gasteiger charge is 2.24. The molecule has 0 bridgehead atoms. The Labute approximate surface area is 218 Å². The van der Waals surface area contributed by atoms with Crippen LogP contribution >= 0.6 is 0 Å². The van der Waals surface area contributed by atoms with Gasteiger partial charge in [-0.05, 0) is 48.4 Å². The molecule has 2 aromatic carbocycles. The van der Waals surface area contributed by atoms with Gasteiger partial charge >= 0.3 is 5.97 Å². The second kappa shape index (κ2) is 11.5. The molecule has 13 heteroatoms. The molecule has 0 saturated carbocycles. The minimum absolute atomic E-state index is 0.0477. The maximum absolute atomic E-state index is 13.1. The molecule has 0 saturated heterocycles. The summed E-state index contributed by atoms with van der Waals surface area (Å²) in [6, 6.07) is 16.0. The van der Waals surface area contributed by atoms with Crippen molar-refractivity contribution in [2.45, 2.75) is 6.42 Å². The maximum atomic E-state index is 13.1. The number of carboxylic acid groups (broad SMARTS) is 1. The first-order chi connectivity index (χ1) is 18.3. The number of hydrogen-bond acceptors (Lipinski definition) is 10. The Balaban J connectivity index is 1.69. The van der Waals surface area contributed by atoms with E-state index in [0.717, 1.165) is 0 Å². The quantitative estimate of drug-likeness (QED) is 0.288. The van der Waals surface area contributed by atoms with E-state index in [0.29, 0.717) is 11.3 Å². The average Bonchev–Trinajstić information content (AvgIpc) is 2.93. The fourth-order valence-corrected chi connectivity index (χ4v) is 4.38. The minimum Gasteiger partial charge on any atom is -0.493 e. The first-order valence-electron chi connectivity index (χ1n) is 11.2. The molecular formula is C25H23N5O7S. The number of nitrogens with zero attached hydrogens (tertiary/aromatic N) is 4. The fraction of sp³-hybridized carbons (Fsp3) is 0.160. The summed E-state index contributed by atoms with van der Waals surface area (Å²) in [7, 11) is -1.14. The lowest BCUT2D eigenvalue weighted by Crippen LogP contribution is -2.20. The third-order valence-electron chi connectivity index (χ3n) is 5.22. The Kier molecular flexibility index (Phi) is 7.97. The molecule has 4 rings (SSSR count). The second-order valence-electron chi connectivity index (χ2n) is 7.77. The molecule has 0 aliphatic heterocycles. The van der Waals surface area contributed by atoms with Crippen molar-refractivity contribution in [1.29, 1.82) is 0 Å². The van der Waals surface area contributed by atoms with Crippen LogP contribution in [-0.4, -0.2) is 59.6 Å². The monoisotopic (exact) mass is 537 g/mol. The first-order valence-corrected chi connectivity index (χ1v) is 12.8. The van der Waals surface area contributed by atoms with Crippen LogP contribution in [0.15, 0.2) is 66.9 Å². The van der Waals surface area contributed by atoms with Crippen molar-refractivity contribution in [2.24, 2.45) is 0 Å². The summed E-state index contributed by atoms with van der Waals surface area (Å²) in [5, 5.41) is 16.9. The number of nitrogens with one attached hydrogen (secondary N) is 1. The van der Waals surface area contributed by atoms with Crippen LogP contribution in [0.3, 0.4) is 0 Å². The number of rotatable bonds is 11. The number of benzene rings is 2. The summed E-state index contributed by atoms with van der Waals surface area (Å²) in [5.41, 5.74) is 1.04. The van der Waals surface area contributed by atoms with Gasteiger partial charge in [-0.15, -0.1) is 5.10 Å². The SMILES string of the molecule is COc1ccccc1Oc1c(NS(=O)(=O)CCc2ccc(C(=O)O)cc2)nc(-c2cccnn2)nc1OC. The van der Waals surface area contributed by atoms with Crippen molar-refractivity contribution in [1.82, 2.24) is 20.2 Å². The van der Waals surface area contributed by atoms with E-state index in [1.165, 1.54) is 32.5 Å². The number of methoxy groups -OCH3 is 2. The Bertz CT molecular complexity index is 1530. The van der Waals surface area contributed by atoms with E-state index in [-0.39, 0.29) is 52.5 Å². The molecule has 0 unspecified atom stereocenters. The number of hydrogen-bond donors (Lipinski definition) is 2. The molecule has 0 radical (unpaired) electrons. The predicted molar refractivity (Wildman–Crippen MR) is 137 cm³/mol. The number of anilines is 1. The number of aromatic nitrogens is 4. The van der Waals surface area contributed by atoms with Crippen molar-refractivity contribution in [3.63, 3.8) is 0 Å². The van der Waals surface area contributed by atoms with Gasteiger partial charge in [0.2, 0.25) is 15.8 Å². The Morgan fingerprint density at radius 3 is 2.32 bits per heavy atom. The first kappa shape index (κ1) is 26.3. The molecule has 0 fully saturated rings. The maximum Gasteiger partial charge on any atom is 0.335 e. The van der Waals surface area contributed by atoms with E-state index >= 15 is 0 Å². The van der Waals surface area contributed by atoms with Gasteiger partial charge in [0.05, 0.1) is 25.5 Å². The van der Waals surface area contributed by atoms with Crippen LogP contribution in [0.4, 0.5) is 5.82 Å². The molecule has 38 heavy (non-hydrogen) atoms. The molecule has 0 aliphatic rings. The lowest BCUT2D eigenvalue weighted by molar-refractivity contribution is 0.0697. The van der Waals surface area contributed by atoms with Gasteiger partial charge in [-0.1, -0.05) is 24.3 Å². The molecule has 0 aliphatic carbocycles. The van der Waals surface area contributed by atoms with Crippen LogP contribution < -0.4 is 18.9 Å². The van der Waals surface area contributed by atoms with Crippen LogP contribution in [0.1, 0.15) is 15.9 Å². The van der Waals surface area contributed by atoms with Crippen LogP contribution in [0.5, 0.6) is 23.1 Å². The third kappa shape index (κ3) is 6.31. The van der Waals surface area contributed by atoms with Crippen molar-refractivity contribution in [2.75, 3.05) is 24.7 Å². The number of para-hydroxylation sites is 2.